The number of pyridine rings is 1. The summed E-state index contributed by atoms with van der Waals surface area (Å²) >= 11 is 0. The van der Waals surface area contributed by atoms with E-state index in [1.165, 1.54) is 34.9 Å². The van der Waals surface area contributed by atoms with Crippen LogP contribution in [-0.2, 0) is 6.54 Å². The minimum absolute atomic E-state index is 0.171. The number of H-pyrrole nitrogens is 1. The number of nitrogens with zero attached hydrogens (tertiary/aromatic N) is 1. The number of carbonyl (C=O) groups is 1. The Morgan fingerprint density at radius 2 is 2.04 bits per heavy atom. The van der Waals surface area contributed by atoms with Gasteiger partial charge in [0.15, 0.2) is 0 Å². The van der Waals surface area contributed by atoms with E-state index < -0.39 is 0 Å². The molecule has 0 fully saturated rings. The van der Waals surface area contributed by atoms with E-state index >= 15 is 0 Å². The smallest absolute Gasteiger partial charge is 0.252 e. The van der Waals surface area contributed by atoms with E-state index in [4.69, 9.17) is 0 Å². The van der Waals surface area contributed by atoms with Crippen LogP contribution in [0.15, 0.2) is 53.5 Å². The molecule has 3 rings (SSSR count). The number of benzene rings is 1. The first kappa shape index (κ1) is 15.1. The maximum absolute atomic E-state index is 12.0. The fourth-order valence-electron chi connectivity index (χ4n) is 2.74. The summed E-state index contributed by atoms with van der Waals surface area (Å²) in [7, 11) is 0. The van der Waals surface area contributed by atoms with Crippen molar-refractivity contribution in [2.75, 3.05) is 6.54 Å². The van der Waals surface area contributed by atoms with E-state index in [0.29, 0.717) is 12.1 Å². The topological polar surface area (TPSA) is 66.9 Å². The van der Waals surface area contributed by atoms with E-state index in [1.807, 2.05) is 12.1 Å². The van der Waals surface area contributed by atoms with Crippen molar-refractivity contribution < 1.29 is 4.79 Å². The molecule has 3 aromatic rings. The van der Waals surface area contributed by atoms with Crippen molar-refractivity contribution in [2.45, 2.75) is 19.9 Å². The van der Waals surface area contributed by atoms with Gasteiger partial charge in [0.05, 0.1) is 5.56 Å². The third-order valence-electron chi connectivity index (χ3n) is 3.91. The van der Waals surface area contributed by atoms with Crippen molar-refractivity contribution in [3.8, 4) is 0 Å². The van der Waals surface area contributed by atoms with Gasteiger partial charge in [0, 0.05) is 36.6 Å². The quantitative estimate of drug-likeness (QED) is 0.711. The van der Waals surface area contributed by atoms with Crippen LogP contribution in [0, 0.1) is 6.92 Å². The Morgan fingerprint density at radius 1 is 1.22 bits per heavy atom. The summed E-state index contributed by atoms with van der Waals surface area (Å²) in [6.45, 7) is 3.54. The highest BCUT2D eigenvalue weighted by molar-refractivity contribution is 5.93. The molecule has 0 aliphatic carbocycles. The number of fused-ring (bicyclic) bond motifs is 1. The molecule has 0 aliphatic rings. The van der Waals surface area contributed by atoms with Crippen LogP contribution in [0.2, 0.25) is 0 Å². The molecule has 0 saturated carbocycles. The lowest BCUT2D eigenvalue weighted by atomic mass is 10.2. The molecule has 0 radical (unpaired) electrons. The van der Waals surface area contributed by atoms with Crippen LogP contribution < -0.4 is 10.9 Å². The molecule has 2 heterocycles. The first-order chi connectivity index (χ1) is 11.1. The number of amides is 1. The molecule has 1 amide bonds. The molecule has 2 N–H and O–H groups in total. The molecule has 0 unspecified atom stereocenters. The molecular weight excluding hydrogens is 290 g/mol. The highest BCUT2D eigenvalue weighted by Gasteiger charge is 2.06. The van der Waals surface area contributed by atoms with E-state index in [1.54, 1.807) is 0 Å². The number of aromatic amines is 1. The van der Waals surface area contributed by atoms with Gasteiger partial charge in [0.25, 0.3) is 5.91 Å². The van der Waals surface area contributed by atoms with Crippen LogP contribution >= 0.6 is 0 Å². The number of carbonyl (C=O) groups excluding carboxylic acids is 1. The van der Waals surface area contributed by atoms with Gasteiger partial charge in [-0.2, -0.15) is 0 Å². The Hall–Kier alpha value is -2.82. The highest BCUT2D eigenvalue weighted by Crippen LogP contribution is 2.19. The van der Waals surface area contributed by atoms with Gasteiger partial charge in [-0.05, 0) is 36.9 Å². The molecule has 0 spiro atoms. The van der Waals surface area contributed by atoms with E-state index in [-0.39, 0.29) is 11.5 Å². The molecule has 23 heavy (non-hydrogen) atoms. The van der Waals surface area contributed by atoms with Gasteiger partial charge in [-0.1, -0.05) is 18.2 Å². The van der Waals surface area contributed by atoms with Gasteiger partial charge in [0.2, 0.25) is 5.56 Å². The molecule has 0 bridgehead atoms. The minimum atomic E-state index is -0.212. The monoisotopic (exact) mass is 309 g/mol. The molecule has 118 valence electrons. The summed E-state index contributed by atoms with van der Waals surface area (Å²) in [5.41, 5.74) is 2.69. The molecule has 5 nitrogen and oxygen atoms in total. The molecule has 5 heteroatoms. The molecule has 0 saturated heterocycles. The van der Waals surface area contributed by atoms with Gasteiger partial charge in [-0.25, -0.2) is 0 Å². The Kier molecular flexibility index (Phi) is 4.28. The number of hydrogen-bond acceptors (Lipinski definition) is 2. The fraction of sp³-hybridized carbons (Fsp3) is 0.222. The zero-order valence-electron chi connectivity index (χ0n) is 13.0. The average Bonchev–Trinajstić information content (AvgIpc) is 2.87. The van der Waals surface area contributed by atoms with Gasteiger partial charge in [0.1, 0.15) is 0 Å². The van der Waals surface area contributed by atoms with Gasteiger partial charge in [-0.3, -0.25) is 9.59 Å². The van der Waals surface area contributed by atoms with Crippen LogP contribution in [-0.4, -0.2) is 22.0 Å². The number of nitrogens with one attached hydrogen (secondary N) is 2. The molecule has 0 aliphatic heterocycles. The van der Waals surface area contributed by atoms with E-state index in [2.05, 4.69) is 40.0 Å². The molecule has 2 aromatic heterocycles. The average molecular weight is 309 g/mol. The summed E-state index contributed by atoms with van der Waals surface area (Å²) in [5.74, 6) is -0.171. The fourth-order valence-corrected chi connectivity index (χ4v) is 2.74. The summed E-state index contributed by atoms with van der Waals surface area (Å²) < 4.78 is 2.27. The third kappa shape index (κ3) is 3.34. The van der Waals surface area contributed by atoms with Gasteiger partial charge in [-0.15, -0.1) is 0 Å². The number of aromatic nitrogens is 2. The Morgan fingerprint density at radius 3 is 2.83 bits per heavy atom. The molecular formula is C18H19N3O2. The lowest BCUT2D eigenvalue weighted by molar-refractivity contribution is 0.0952. The van der Waals surface area contributed by atoms with Crippen LogP contribution in [0.5, 0.6) is 0 Å². The Balaban J connectivity index is 1.57. The summed E-state index contributed by atoms with van der Waals surface area (Å²) in [6.07, 6.45) is 2.27. The zero-order chi connectivity index (χ0) is 16.2. The molecule has 1 aromatic carbocycles. The zero-order valence-corrected chi connectivity index (χ0v) is 13.0. The van der Waals surface area contributed by atoms with Crippen molar-refractivity contribution >= 4 is 16.8 Å². The summed E-state index contributed by atoms with van der Waals surface area (Å²) in [5, 5.41) is 4.11. The third-order valence-corrected chi connectivity index (χ3v) is 3.91. The number of rotatable bonds is 5. The second kappa shape index (κ2) is 6.52. The second-order valence-electron chi connectivity index (χ2n) is 5.55. The molecule has 0 atom stereocenters. The van der Waals surface area contributed by atoms with Crippen molar-refractivity contribution in [3.05, 3.63) is 70.3 Å². The predicted octanol–water partition coefficient (Wildman–Crippen LogP) is 2.46. The normalized spacial score (nSPS) is 10.8. The maximum atomic E-state index is 12.0. The summed E-state index contributed by atoms with van der Waals surface area (Å²) in [6, 6.07) is 13.3. The predicted molar refractivity (Wildman–Crippen MR) is 90.7 cm³/mol. The standard InChI is InChI=1S/C18H19N3O2/c1-13-11-14-5-2-3-6-16(14)21(13)10-4-9-19-18(23)15-7-8-17(22)20-12-15/h2-3,5-8,11-12H,4,9-10H2,1H3,(H,19,23)(H,20,22). The van der Waals surface area contributed by atoms with Crippen molar-refractivity contribution in [1.29, 1.82) is 0 Å². The maximum Gasteiger partial charge on any atom is 0.252 e. The number of para-hydroxylation sites is 1. The highest BCUT2D eigenvalue weighted by atomic mass is 16.1. The first-order valence-electron chi connectivity index (χ1n) is 7.67. The van der Waals surface area contributed by atoms with E-state index in [9.17, 15) is 9.59 Å². The van der Waals surface area contributed by atoms with Gasteiger partial charge < -0.3 is 14.9 Å². The Bertz CT molecular complexity index is 872. The van der Waals surface area contributed by atoms with Crippen LogP contribution in [0.25, 0.3) is 10.9 Å². The largest absolute Gasteiger partial charge is 0.352 e. The van der Waals surface area contributed by atoms with Gasteiger partial charge >= 0.3 is 0 Å². The van der Waals surface area contributed by atoms with Crippen molar-refractivity contribution in [2.24, 2.45) is 0 Å². The number of hydrogen-bond donors (Lipinski definition) is 2. The van der Waals surface area contributed by atoms with E-state index in [0.717, 1.165) is 13.0 Å². The Labute approximate surface area is 134 Å². The van der Waals surface area contributed by atoms with Crippen LogP contribution in [0.1, 0.15) is 22.5 Å². The van der Waals surface area contributed by atoms with Crippen LogP contribution in [0.3, 0.4) is 0 Å². The van der Waals surface area contributed by atoms with Crippen LogP contribution in [0.4, 0.5) is 0 Å². The van der Waals surface area contributed by atoms with Crippen molar-refractivity contribution in [1.82, 2.24) is 14.9 Å². The number of aryl methyl sites for hydroxylation is 2. The summed E-state index contributed by atoms with van der Waals surface area (Å²) in [4.78, 5) is 25.4. The lowest BCUT2D eigenvalue weighted by Crippen LogP contribution is -2.26. The first-order valence-corrected chi connectivity index (χ1v) is 7.67. The van der Waals surface area contributed by atoms with Crippen molar-refractivity contribution in [3.63, 3.8) is 0 Å². The SMILES string of the molecule is Cc1cc2ccccc2n1CCCNC(=O)c1ccc(=O)[nH]c1. The minimum Gasteiger partial charge on any atom is -0.352 e. The lowest BCUT2D eigenvalue weighted by Gasteiger charge is -2.09. The second-order valence-corrected chi connectivity index (χ2v) is 5.55.